The lowest BCUT2D eigenvalue weighted by Crippen LogP contribution is -2.22. The van der Waals surface area contributed by atoms with Gasteiger partial charge in [-0.15, -0.1) is 5.10 Å². The minimum absolute atomic E-state index is 0.0435. The Labute approximate surface area is 91.1 Å². The quantitative estimate of drug-likeness (QED) is 0.702. The second-order valence-corrected chi connectivity index (χ2v) is 4.80. The van der Waals surface area contributed by atoms with Crippen molar-refractivity contribution in [2.24, 2.45) is 5.73 Å². The van der Waals surface area contributed by atoms with Crippen LogP contribution < -0.4 is 11.1 Å². The van der Waals surface area contributed by atoms with Gasteiger partial charge >= 0.3 is 6.01 Å². The van der Waals surface area contributed by atoms with Crippen LogP contribution in [0.15, 0.2) is 4.42 Å². The van der Waals surface area contributed by atoms with E-state index in [-0.39, 0.29) is 6.04 Å². The maximum Gasteiger partial charge on any atom is 0.315 e. The fourth-order valence-corrected chi connectivity index (χ4v) is 1.93. The summed E-state index contributed by atoms with van der Waals surface area (Å²) in [5.74, 6) is 1.07. The lowest BCUT2D eigenvalue weighted by molar-refractivity contribution is 0.502. The van der Waals surface area contributed by atoms with E-state index in [1.165, 1.54) is 0 Å². The molecule has 0 aliphatic heterocycles. The molecule has 86 valence electrons. The average Bonchev–Trinajstić information content (AvgIpc) is 2.51. The van der Waals surface area contributed by atoms with Crippen LogP contribution in [0.4, 0.5) is 6.01 Å². The van der Waals surface area contributed by atoms with E-state index in [0.717, 1.165) is 0 Å². The number of hydrogen-bond acceptors (Lipinski definition) is 6. The fraction of sp³-hybridized carbons (Fsp3) is 0.750. The van der Waals surface area contributed by atoms with Gasteiger partial charge in [0.1, 0.15) is 0 Å². The van der Waals surface area contributed by atoms with E-state index in [2.05, 4.69) is 15.5 Å². The molecule has 3 N–H and O–H groups in total. The van der Waals surface area contributed by atoms with Crippen molar-refractivity contribution in [3.8, 4) is 0 Å². The maximum absolute atomic E-state index is 10.9. The molecule has 0 fully saturated rings. The molecule has 2 unspecified atom stereocenters. The molecular formula is C8H16N4O2S. The summed E-state index contributed by atoms with van der Waals surface area (Å²) in [6.45, 7) is 2.39. The Morgan fingerprint density at radius 2 is 2.33 bits per heavy atom. The Kier molecular flexibility index (Phi) is 4.70. The van der Waals surface area contributed by atoms with Crippen molar-refractivity contribution < 1.29 is 8.63 Å². The Morgan fingerprint density at radius 1 is 1.60 bits per heavy atom. The number of hydrogen-bond donors (Lipinski definition) is 2. The second kappa shape index (κ2) is 5.82. The van der Waals surface area contributed by atoms with Crippen molar-refractivity contribution in [1.29, 1.82) is 0 Å². The topological polar surface area (TPSA) is 94.0 Å². The summed E-state index contributed by atoms with van der Waals surface area (Å²) >= 11 is 0. The highest BCUT2D eigenvalue weighted by Crippen LogP contribution is 2.07. The van der Waals surface area contributed by atoms with Crippen LogP contribution >= 0.6 is 0 Å². The first-order chi connectivity index (χ1) is 7.11. The lowest BCUT2D eigenvalue weighted by Gasteiger charge is -2.08. The molecule has 7 heteroatoms. The molecule has 1 rings (SSSR count). The van der Waals surface area contributed by atoms with Crippen LogP contribution in [0.3, 0.4) is 0 Å². The van der Waals surface area contributed by atoms with E-state index in [1.807, 2.05) is 6.92 Å². The van der Waals surface area contributed by atoms with E-state index in [4.69, 9.17) is 10.2 Å². The van der Waals surface area contributed by atoms with Crippen LogP contribution in [0.1, 0.15) is 12.8 Å². The molecular weight excluding hydrogens is 216 g/mol. The molecule has 0 aliphatic rings. The van der Waals surface area contributed by atoms with Crippen molar-refractivity contribution in [3.63, 3.8) is 0 Å². The summed E-state index contributed by atoms with van der Waals surface area (Å²) in [5, 5.41) is 10.6. The zero-order chi connectivity index (χ0) is 11.3. The van der Waals surface area contributed by atoms with Crippen LogP contribution in [0, 0.1) is 0 Å². The van der Waals surface area contributed by atoms with Gasteiger partial charge in [-0.3, -0.25) is 4.21 Å². The van der Waals surface area contributed by atoms with E-state index in [1.54, 1.807) is 6.26 Å². The number of nitrogens with one attached hydrogen (secondary N) is 1. The van der Waals surface area contributed by atoms with Gasteiger partial charge in [0.2, 0.25) is 5.89 Å². The fourth-order valence-electron chi connectivity index (χ4n) is 1.14. The zero-order valence-electron chi connectivity index (χ0n) is 8.90. The number of rotatable bonds is 6. The van der Waals surface area contributed by atoms with Crippen LogP contribution in [0.2, 0.25) is 0 Å². The van der Waals surface area contributed by atoms with E-state index >= 15 is 0 Å². The third-order valence-corrected chi connectivity index (χ3v) is 2.65. The molecule has 0 saturated heterocycles. The number of nitrogens with zero attached hydrogens (tertiary/aromatic N) is 2. The van der Waals surface area contributed by atoms with E-state index in [0.29, 0.717) is 30.6 Å². The van der Waals surface area contributed by atoms with Crippen molar-refractivity contribution in [1.82, 2.24) is 10.2 Å². The summed E-state index contributed by atoms with van der Waals surface area (Å²) < 4.78 is 16.2. The number of anilines is 1. The van der Waals surface area contributed by atoms with Gasteiger partial charge in [0.25, 0.3) is 0 Å². The van der Waals surface area contributed by atoms with Gasteiger partial charge in [-0.05, 0) is 6.92 Å². The normalized spacial score (nSPS) is 14.9. The summed E-state index contributed by atoms with van der Waals surface area (Å²) in [6, 6.07) is 0.401. The summed E-state index contributed by atoms with van der Waals surface area (Å²) in [4.78, 5) is 0. The van der Waals surface area contributed by atoms with Gasteiger partial charge in [-0.1, -0.05) is 5.10 Å². The van der Waals surface area contributed by atoms with Crippen LogP contribution in [-0.2, 0) is 17.2 Å². The van der Waals surface area contributed by atoms with Crippen molar-refractivity contribution in [2.45, 2.75) is 19.4 Å². The van der Waals surface area contributed by atoms with Gasteiger partial charge in [-0.25, -0.2) is 0 Å². The number of nitrogens with two attached hydrogens (primary N) is 1. The monoisotopic (exact) mass is 232 g/mol. The minimum atomic E-state index is -0.838. The Hall–Kier alpha value is -0.950. The Balaban J connectivity index is 2.45. The lowest BCUT2D eigenvalue weighted by atomic mass is 10.4. The third kappa shape index (κ3) is 4.39. The van der Waals surface area contributed by atoms with Crippen LogP contribution in [0.25, 0.3) is 0 Å². The summed E-state index contributed by atoms with van der Waals surface area (Å²) in [7, 11) is -0.838. The van der Waals surface area contributed by atoms with Gasteiger partial charge in [-0.2, -0.15) is 0 Å². The molecule has 1 aromatic rings. The van der Waals surface area contributed by atoms with E-state index in [9.17, 15) is 4.21 Å². The zero-order valence-corrected chi connectivity index (χ0v) is 9.71. The largest absolute Gasteiger partial charge is 0.408 e. The SMILES string of the molecule is CC(CS(C)=O)Nc1nnc(CCN)o1. The molecule has 0 aliphatic carbocycles. The van der Waals surface area contributed by atoms with Crippen LogP contribution in [-0.4, -0.2) is 39.0 Å². The molecule has 1 aromatic heterocycles. The molecule has 0 spiro atoms. The smallest absolute Gasteiger partial charge is 0.315 e. The van der Waals surface area contributed by atoms with Crippen molar-refractivity contribution in [3.05, 3.63) is 5.89 Å². The summed E-state index contributed by atoms with van der Waals surface area (Å²) in [6.07, 6.45) is 2.23. The molecule has 0 radical (unpaired) electrons. The molecule has 2 atom stereocenters. The molecule has 0 saturated carbocycles. The van der Waals surface area contributed by atoms with Crippen LogP contribution in [0.5, 0.6) is 0 Å². The maximum atomic E-state index is 10.9. The van der Waals surface area contributed by atoms with Gasteiger partial charge in [0.05, 0.1) is 0 Å². The first-order valence-corrected chi connectivity index (χ1v) is 6.43. The molecule has 0 amide bonds. The molecule has 15 heavy (non-hydrogen) atoms. The highest BCUT2D eigenvalue weighted by molar-refractivity contribution is 7.84. The second-order valence-electron chi connectivity index (χ2n) is 3.32. The first-order valence-electron chi connectivity index (χ1n) is 4.71. The average molecular weight is 232 g/mol. The highest BCUT2D eigenvalue weighted by atomic mass is 32.2. The summed E-state index contributed by atoms with van der Waals surface area (Å²) in [5.41, 5.74) is 5.35. The highest BCUT2D eigenvalue weighted by Gasteiger charge is 2.09. The predicted octanol–water partition coefficient (Wildman–Crippen LogP) is -0.250. The Bertz CT molecular complexity index is 328. The van der Waals surface area contributed by atoms with E-state index < -0.39 is 10.8 Å². The third-order valence-electron chi connectivity index (χ3n) is 1.68. The molecule has 0 bridgehead atoms. The number of aromatic nitrogens is 2. The molecule has 6 nitrogen and oxygen atoms in total. The standard InChI is InChI=1S/C8H16N4O2S/c1-6(5-15(2)13)10-8-12-11-7(14-8)3-4-9/h6H,3-5,9H2,1-2H3,(H,10,12). The van der Waals surface area contributed by atoms with Crippen molar-refractivity contribution >= 4 is 16.8 Å². The van der Waals surface area contributed by atoms with Gasteiger partial charge in [0, 0.05) is 41.8 Å². The van der Waals surface area contributed by atoms with Gasteiger partial charge < -0.3 is 15.5 Å². The Morgan fingerprint density at radius 3 is 2.93 bits per heavy atom. The minimum Gasteiger partial charge on any atom is -0.408 e. The molecule has 1 heterocycles. The first kappa shape index (κ1) is 12.1. The van der Waals surface area contributed by atoms with Gasteiger partial charge in [0.15, 0.2) is 0 Å². The predicted molar refractivity (Wildman–Crippen MR) is 59.1 cm³/mol. The molecule has 0 aromatic carbocycles. The van der Waals surface area contributed by atoms with Crippen molar-refractivity contribution in [2.75, 3.05) is 23.9 Å².